The van der Waals surface area contributed by atoms with E-state index in [0.29, 0.717) is 16.3 Å². The number of nitrogens with zero attached hydrogens (tertiary/aromatic N) is 2. The predicted molar refractivity (Wildman–Crippen MR) is 121 cm³/mol. The van der Waals surface area contributed by atoms with Crippen LogP contribution < -0.4 is 4.90 Å². The number of imide groups is 1. The number of hydrogen-bond acceptors (Lipinski definition) is 5. The lowest BCUT2D eigenvalue weighted by molar-refractivity contribution is -0.122. The van der Waals surface area contributed by atoms with Gasteiger partial charge in [-0.3, -0.25) is 9.59 Å². The van der Waals surface area contributed by atoms with Crippen molar-refractivity contribution in [2.45, 2.75) is 30.1 Å². The molecule has 2 amide bonds. The number of aryl methyl sites for hydroxylation is 1. The van der Waals surface area contributed by atoms with E-state index in [1.54, 1.807) is 60.0 Å². The first-order valence-corrected chi connectivity index (χ1v) is 12.2. The Morgan fingerprint density at radius 3 is 2.42 bits per heavy atom. The average molecular weight is 475 g/mol. The van der Waals surface area contributed by atoms with Crippen LogP contribution in [0.25, 0.3) is 0 Å². The summed E-state index contributed by atoms with van der Waals surface area (Å²) in [6.07, 6.45) is -0.234. The molecule has 1 fully saturated rings. The van der Waals surface area contributed by atoms with Gasteiger partial charge in [0.2, 0.25) is 5.91 Å². The Morgan fingerprint density at radius 1 is 1.06 bits per heavy atom. The van der Waals surface area contributed by atoms with Gasteiger partial charge in [0.15, 0.2) is 0 Å². The normalized spacial score (nSPS) is 17.0. The molecule has 4 rings (SSSR count). The molecule has 0 radical (unpaired) electrons. The molecule has 0 spiro atoms. The second-order valence-electron chi connectivity index (χ2n) is 7.20. The van der Waals surface area contributed by atoms with Crippen LogP contribution in [0.2, 0.25) is 5.02 Å². The summed E-state index contributed by atoms with van der Waals surface area (Å²) in [5.41, 5.74) is 1.97. The highest BCUT2D eigenvalue weighted by atomic mass is 35.5. The van der Waals surface area contributed by atoms with Gasteiger partial charge in [-0.2, -0.15) is 4.31 Å². The molecule has 1 saturated heterocycles. The number of anilines is 1. The quantitative estimate of drug-likeness (QED) is 0.501. The van der Waals surface area contributed by atoms with Gasteiger partial charge in [0.1, 0.15) is 10.3 Å². The van der Waals surface area contributed by atoms with Crippen LogP contribution in [-0.2, 0) is 26.2 Å². The van der Waals surface area contributed by atoms with E-state index < -0.39 is 27.9 Å². The summed E-state index contributed by atoms with van der Waals surface area (Å²) in [4.78, 5) is 27.1. The minimum atomic E-state index is -4.03. The Hall–Kier alpha value is -2.52. The number of halogens is 1. The highest BCUT2D eigenvalue weighted by Gasteiger charge is 2.47. The number of amides is 2. The first-order valence-electron chi connectivity index (χ1n) is 9.51. The summed E-state index contributed by atoms with van der Waals surface area (Å²) in [7, 11) is -4.03. The lowest BCUT2D eigenvalue weighted by atomic mass is 10.2. The Morgan fingerprint density at radius 2 is 1.77 bits per heavy atom. The summed E-state index contributed by atoms with van der Waals surface area (Å²) in [5, 5.41) is 2.04. The fraction of sp³-hybridized carbons (Fsp3) is 0.182. The SMILES string of the molecule is Cc1ccc(N2C(=O)CC(N(Cc3ccccc3Cl)S(=O)(=O)c3cccs3)C2=O)cc1. The van der Waals surface area contributed by atoms with Crippen LogP contribution in [0.5, 0.6) is 0 Å². The third-order valence-corrected chi connectivity index (χ3v) is 8.70. The molecule has 0 saturated carbocycles. The number of sulfonamides is 1. The lowest BCUT2D eigenvalue weighted by Gasteiger charge is -2.26. The maximum absolute atomic E-state index is 13.4. The zero-order valence-electron chi connectivity index (χ0n) is 16.6. The van der Waals surface area contributed by atoms with Crippen molar-refractivity contribution < 1.29 is 18.0 Å². The predicted octanol–water partition coefficient (Wildman–Crippen LogP) is 4.23. The third kappa shape index (κ3) is 4.16. The topological polar surface area (TPSA) is 74.8 Å². The summed E-state index contributed by atoms with van der Waals surface area (Å²) < 4.78 is 28.1. The second kappa shape index (κ2) is 8.55. The molecule has 6 nitrogen and oxygen atoms in total. The number of rotatable bonds is 6. The summed E-state index contributed by atoms with van der Waals surface area (Å²) in [6.45, 7) is 1.78. The van der Waals surface area contributed by atoms with E-state index in [0.717, 1.165) is 26.1 Å². The van der Waals surface area contributed by atoms with Crippen LogP contribution in [0.4, 0.5) is 5.69 Å². The van der Waals surface area contributed by atoms with Gasteiger partial charge >= 0.3 is 0 Å². The summed E-state index contributed by atoms with van der Waals surface area (Å²) in [5.74, 6) is -1.01. The van der Waals surface area contributed by atoms with E-state index in [2.05, 4.69) is 0 Å². The van der Waals surface area contributed by atoms with Gasteiger partial charge in [0.05, 0.1) is 12.1 Å². The van der Waals surface area contributed by atoms with Crippen molar-refractivity contribution in [3.8, 4) is 0 Å². The van der Waals surface area contributed by atoms with Crippen LogP contribution in [0.15, 0.2) is 70.3 Å². The fourth-order valence-corrected chi connectivity index (χ4v) is 6.36. The number of thiophene rings is 1. The van der Waals surface area contributed by atoms with E-state index in [4.69, 9.17) is 11.6 Å². The van der Waals surface area contributed by atoms with Crippen LogP contribution in [0, 0.1) is 6.92 Å². The van der Waals surface area contributed by atoms with Crippen LogP contribution in [-0.4, -0.2) is 30.6 Å². The Balaban J connectivity index is 1.75. The minimum absolute atomic E-state index is 0.105. The molecule has 0 bridgehead atoms. The fourth-order valence-electron chi connectivity index (χ4n) is 3.49. The highest BCUT2D eigenvalue weighted by molar-refractivity contribution is 7.91. The maximum Gasteiger partial charge on any atom is 0.253 e. The Kier molecular flexibility index (Phi) is 5.98. The number of carbonyl (C=O) groups excluding carboxylic acids is 2. The lowest BCUT2D eigenvalue weighted by Crippen LogP contribution is -2.44. The maximum atomic E-state index is 13.4. The van der Waals surface area contributed by atoms with Gasteiger partial charge in [-0.05, 0) is 42.1 Å². The van der Waals surface area contributed by atoms with Gasteiger partial charge in [-0.15, -0.1) is 11.3 Å². The van der Waals surface area contributed by atoms with Gasteiger partial charge in [0, 0.05) is 11.6 Å². The smallest absolute Gasteiger partial charge is 0.253 e. The van der Waals surface area contributed by atoms with Gasteiger partial charge in [-0.25, -0.2) is 13.3 Å². The molecule has 1 unspecified atom stereocenters. The zero-order valence-corrected chi connectivity index (χ0v) is 19.0. The molecule has 3 aromatic rings. The van der Waals surface area contributed by atoms with E-state index in [1.165, 1.54) is 6.07 Å². The summed E-state index contributed by atoms with van der Waals surface area (Å²) >= 11 is 7.33. The molecule has 0 N–H and O–H groups in total. The van der Waals surface area contributed by atoms with E-state index in [1.807, 2.05) is 6.92 Å². The van der Waals surface area contributed by atoms with Crippen LogP contribution in [0.1, 0.15) is 17.5 Å². The van der Waals surface area contributed by atoms with Crippen molar-refractivity contribution in [1.82, 2.24) is 4.31 Å². The monoisotopic (exact) mass is 474 g/mol. The molecule has 9 heteroatoms. The number of benzene rings is 2. The van der Waals surface area contributed by atoms with E-state index in [-0.39, 0.29) is 17.2 Å². The minimum Gasteiger partial charge on any atom is -0.274 e. The van der Waals surface area contributed by atoms with Crippen LogP contribution >= 0.6 is 22.9 Å². The molecule has 2 aromatic carbocycles. The van der Waals surface area contributed by atoms with Gasteiger partial charge in [-0.1, -0.05) is 53.6 Å². The molecule has 1 aliphatic heterocycles. The molecule has 2 heterocycles. The van der Waals surface area contributed by atoms with Crippen molar-refractivity contribution in [2.75, 3.05) is 4.90 Å². The molecule has 160 valence electrons. The third-order valence-electron chi connectivity index (χ3n) is 5.10. The molecule has 0 aliphatic carbocycles. The van der Waals surface area contributed by atoms with Gasteiger partial charge < -0.3 is 0 Å². The van der Waals surface area contributed by atoms with Gasteiger partial charge in [0.25, 0.3) is 15.9 Å². The Bertz CT molecular complexity index is 1220. The van der Waals surface area contributed by atoms with Crippen molar-refractivity contribution in [1.29, 1.82) is 0 Å². The van der Waals surface area contributed by atoms with E-state index >= 15 is 0 Å². The largest absolute Gasteiger partial charge is 0.274 e. The first-order chi connectivity index (χ1) is 14.8. The van der Waals surface area contributed by atoms with Crippen LogP contribution in [0.3, 0.4) is 0 Å². The zero-order chi connectivity index (χ0) is 22.2. The van der Waals surface area contributed by atoms with E-state index in [9.17, 15) is 18.0 Å². The standard InChI is InChI=1S/C22H19ClN2O4S2/c1-15-8-10-17(11-9-15)25-20(26)13-19(22(25)27)24(14-16-5-2-3-6-18(16)23)31(28,29)21-7-4-12-30-21/h2-12,19H,13-14H2,1H3. The summed E-state index contributed by atoms with van der Waals surface area (Å²) in [6, 6.07) is 15.8. The average Bonchev–Trinajstić information content (AvgIpc) is 3.37. The second-order valence-corrected chi connectivity index (χ2v) is 10.7. The molecule has 1 aliphatic rings. The molecule has 1 aromatic heterocycles. The molecule has 31 heavy (non-hydrogen) atoms. The van der Waals surface area contributed by atoms with Crippen molar-refractivity contribution in [3.05, 3.63) is 82.2 Å². The molecular formula is C22H19ClN2O4S2. The highest BCUT2D eigenvalue weighted by Crippen LogP contribution is 2.33. The first kappa shape index (κ1) is 21.7. The van der Waals surface area contributed by atoms with Crippen molar-refractivity contribution >= 4 is 50.5 Å². The Labute approximate surface area is 189 Å². The van der Waals surface area contributed by atoms with Crippen molar-refractivity contribution in [2.24, 2.45) is 0 Å². The van der Waals surface area contributed by atoms with Crippen molar-refractivity contribution in [3.63, 3.8) is 0 Å². The number of carbonyl (C=O) groups is 2. The molecular weight excluding hydrogens is 456 g/mol. The number of hydrogen-bond donors (Lipinski definition) is 0. The molecule has 1 atom stereocenters.